The number of H-pyrrole nitrogens is 2. The molecule has 1 atom stereocenters. The van der Waals surface area contributed by atoms with Crippen molar-refractivity contribution in [3.8, 4) is 11.8 Å². The predicted octanol–water partition coefficient (Wildman–Crippen LogP) is 6.26. The van der Waals surface area contributed by atoms with E-state index in [9.17, 15) is 4.79 Å². The number of hydrogen-bond donors (Lipinski definition) is 2. The molecule has 0 saturated heterocycles. The first-order valence-corrected chi connectivity index (χ1v) is 14.8. The molecule has 5 aromatic rings. The number of anilines is 1. The normalized spacial score (nSPS) is 14.4. The number of aromatic nitrogens is 5. The maximum absolute atomic E-state index is 12.6. The first kappa shape index (κ1) is 29.4. The van der Waals surface area contributed by atoms with Gasteiger partial charge in [-0.1, -0.05) is 24.8 Å². The van der Waals surface area contributed by atoms with Crippen LogP contribution < -0.4 is 19.9 Å². The molecule has 10 nitrogen and oxygen atoms in total. The van der Waals surface area contributed by atoms with Crippen molar-refractivity contribution in [3.05, 3.63) is 75.7 Å². The molecule has 1 fully saturated rings. The molecule has 0 bridgehead atoms. The number of aromatic amines is 2. The van der Waals surface area contributed by atoms with Gasteiger partial charge in [0.1, 0.15) is 30.1 Å². The van der Waals surface area contributed by atoms with Gasteiger partial charge in [0.2, 0.25) is 0 Å². The smallest absolute Gasteiger partial charge is 0.319 e. The van der Waals surface area contributed by atoms with Crippen LogP contribution in [0.25, 0.3) is 38.3 Å². The molecule has 3 heterocycles. The fourth-order valence-corrected chi connectivity index (χ4v) is 5.45. The monoisotopic (exact) mass is 594 g/mol. The lowest BCUT2D eigenvalue weighted by molar-refractivity contribution is 0.0682. The lowest BCUT2D eigenvalue weighted by Gasteiger charge is -2.23. The molecule has 0 radical (unpaired) electrons. The molecule has 1 saturated carbocycles. The number of allylic oxidation sites excluding steroid dienone is 3. The number of fused-ring (bicyclic) bond motifs is 4. The maximum atomic E-state index is 12.6. The van der Waals surface area contributed by atoms with E-state index >= 15 is 0 Å². The summed E-state index contributed by atoms with van der Waals surface area (Å²) in [4.78, 5) is 27.3. The summed E-state index contributed by atoms with van der Waals surface area (Å²) in [5.74, 6) is 1.80. The minimum Gasteiger partial charge on any atom is -0.486 e. The quantitative estimate of drug-likeness (QED) is 0.172. The second-order valence-electron chi connectivity index (χ2n) is 11.7. The van der Waals surface area contributed by atoms with Crippen LogP contribution in [0, 0.1) is 0 Å². The Bertz CT molecular complexity index is 1990. The molecule has 1 aliphatic carbocycles. The van der Waals surface area contributed by atoms with Gasteiger partial charge in [0.25, 0.3) is 5.56 Å². The Morgan fingerprint density at radius 3 is 2.66 bits per heavy atom. The molecule has 6 rings (SSSR count). The first-order chi connectivity index (χ1) is 21.2. The van der Waals surface area contributed by atoms with Gasteiger partial charge >= 0.3 is 6.01 Å². The van der Waals surface area contributed by atoms with Crippen molar-refractivity contribution in [2.45, 2.75) is 52.2 Å². The zero-order valence-electron chi connectivity index (χ0n) is 26.1. The van der Waals surface area contributed by atoms with E-state index in [2.05, 4.69) is 40.8 Å². The fraction of sp³-hybridized carbons (Fsp3) is 0.353. The van der Waals surface area contributed by atoms with Crippen molar-refractivity contribution in [2.24, 2.45) is 0 Å². The number of nitrogens with zero attached hydrogens (tertiary/aromatic N) is 4. The second-order valence-corrected chi connectivity index (χ2v) is 11.7. The van der Waals surface area contributed by atoms with Crippen LogP contribution in [0.1, 0.15) is 56.2 Å². The van der Waals surface area contributed by atoms with E-state index in [0.717, 1.165) is 62.6 Å². The summed E-state index contributed by atoms with van der Waals surface area (Å²) >= 11 is 0. The molecule has 3 aromatic heterocycles. The highest BCUT2D eigenvalue weighted by Gasteiger charge is 2.32. The van der Waals surface area contributed by atoms with Gasteiger partial charge in [-0.15, -0.1) is 0 Å². The highest BCUT2D eigenvalue weighted by atomic mass is 16.5. The van der Waals surface area contributed by atoms with E-state index in [-0.39, 0.29) is 24.3 Å². The van der Waals surface area contributed by atoms with Gasteiger partial charge in [0, 0.05) is 48.4 Å². The maximum Gasteiger partial charge on any atom is 0.319 e. The summed E-state index contributed by atoms with van der Waals surface area (Å²) in [7, 11) is 5.57. The number of pyridine rings is 1. The van der Waals surface area contributed by atoms with Crippen LogP contribution in [0.15, 0.2) is 53.5 Å². The molecule has 44 heavy (non-hydrogen) atoms. The van der Waals surface area contributed by atoms with Crippen LogP contribution in [-0.4, -0.2) is 59.1 Å². The number of rotatable bonds is 11. The van der Waals surface area contributed by atoms with E-state index < -0.39 is 0 Å². The third-order valence-corrected chi connectivity index (χ3v) is 8.31. The standard InChI is InChI=1S/C34H38N6O4/c1-8-18(2)20(4)28-24(22-10-11-22)14-25-29(37-34(38-32(25)40(5)6)44-16-19(3)42-7)31(28)43-17-21-9-12-23-26-15-35-39-30(26)33(41)36-27(23)13-21/h8-9,12-15,19,22H,4,10-11,16-17H2,1-3,5-7H3,(H,35,39)(H,36,41)/b18-8+. The molecule has 228 valence electrons. The molecule has 0 amide bonds. The number of ether oxygens (including phenoxy) is 3. The average Bonchev–Trinajstić information content (AvgIpc) is 3.75. The van der Waals surface area contributed by atoms with Gasteiger partial charge in [-0.25, -0.2) is 0 Å². The predicted molar refractivity (Wildman–Crippen MR) is 175 cm³/mol. The van der Waals surface area contributed by atoms with Crippen molar-refractivity contribution in [1.29, 1.82) is 0 Å². The van der Waals surface area contributed by atoms with Crippen molar-refractivity contribution < 1.29 is 14.2 Å². The fourth-order valence-electron chi connectivity index (χ4n) is 5.45. The van der Waals surface area contributed by atoms with Crippen LogP contribution in [0.2, 0.25) is 0 Å². The minimum absolute atomic E-state index is 0.125. The third-order valence-electron chi connectivity index (χ3n) is 8.31. The van der Waals surface area contributed by atoms with Crippen LogP contribution in [0.5, 0.6) is 11.8 Å². The first-order valence-electron chi connectivity index (χ1n) is 14.8. The summed E-state index contributed by atoms with van der Waals surface area (Å²) in [5.41, 5.74) is 6.64. The Morgan fingerprint density at radius 2 is 1.95 bits per heavy atom. The molecule has 2 N–H and O–H groups in total. The molecular weight excluding hydrogens is 556 g/mol. The highest BCUT2D eigenvalue weighted by molar-refractivity contribution is 6.04. The van der Waals surface area contributed by atoms with E-state index in [4.69, 9.17) is 24.2 Å². The Balaban J connectivity index is 1.52. The molecule has 2 aromatic carbocycles. The number of hydrogen-bond acceptors (Lipinski definition) is 8. The van der Waals surface area contributed by atoms with Gasteiger partial charge in [0.15, 0.2) is 5.75 Å². The number of nitrogens with one attached hydrogen (secondary N) is 2. The van der Waals surface area contributed by atoms with Gasteiger partial charge in [-0.2, -0.15) is 15.1 Å². The molecular formula is C34H38N6O4. The molecule has 1 aliphatic rings. The molecule has 10 heteroatoms. The lowest BCUT2D eigenvalue weighted by atomic mass is 9.90. The van der Waals surface area contributed by atoms with Crippen LogP contribution >= 0.6 is 0 Å². The number of methoxy groups -OCH3 is 1. The van der Waals surface area contributed by atoms with Crippen molar-refractivity contribution in [1.82, 2.24) is 25.1 Å². The third kappa shape index (κ3) is 5.41. The minimum atomic E-state index is -0.213. The van der Waals surface area contributed by atoms with Crippen molar-refractivity contribution >= 4 is 44.1 Å². The van der Waals surface area contributed by atoms with Gasteiger partial charge in [-0.05, 0) is 73.9 Å². The summed E-state index contributed by atoms with van der Waals surface area (Å²) in [6.07, 6.45) is 5.83. The van der Waals surface area contributed by atoms with Crippen LogP contribution in [0.3, 0.4) is 0 Å². The van der Waals surface area contributed by atoms with Crippen molar-refractivity contribution in [2.75, 3.05) is 32.7 Å². The zero-order chi connectivity index (χ0) is 31.1. The van der Waals surface area contributed by atoms with Crippen molar-refractivity contribution in [3.63, 3.8) is 0 Å². The average molecular weight is 595 g/mol. The van der Waals surface area contributed by atoms with Crippen LogP contribution in [-0.2, 0) is 11.3 Å². The molecule has 0 aliphatic heterocycles. The van der Waals surface area contributed by atoms with Gasteiger partial charge in [-0.3, -0.25) is 9.89 Å². The topological polar surface area (TPSA) is 118 Å². The van der Waals surface area contributed by atoms with Crippen LogP contribution in [0.4, 0.5) is 5.82 Å². The Kier molecular flexibility index (Phi) is 7.85. The van der Waals surface area contributed by atoms with E-state index in [1.54, 1.807) is 13.3 Å². The lowest BCUT2D eigenvalue weighted by Crippen LogP contribution is -2.18. The van der Waals surface area contributed by atoms with Gasteiger partial charge in [0.05, 0.1) is 12.3 Å². The Morgan fingerprint density at radius 1 is 1.16 bits per heavy atom. The summed E-state index contributed by atoms with van der Waals surface area (Å²) < 4.78 is 18.2. The number of benzene rings is 2. The Hall–Kier alpha value is -4.70. The summed E-state index contributed by atoms with van der Waals surface area (Å²) in [6.45, 7) is 11.1. The molecule has 0 spiro atoms. The van der Waals surface area contributed by atoms with E-state index in [1.807, 2.05) is 51.0 Å². The summed E-state index contributed by atoms with van der Waals surface area (Å²) in [6, 6.07) is 8.40. The molecule has 1 unspecified atom stereocenters. The summed E-state index contributed by atoms with van der Waals surface area (Å²) in [5, 5.41) is 9.41. The zero-order valence-corrected chi connectivity index (χ0v) is 26.1. The van der Waals surface area contributed by atoms with E-state index in [1.165, 1.54) is 5.56 Å². The Labute approximate surface area is 255 Å². The van der Waals surface area contributed by atoms with Gasteiger partial charge < -0.3 is 24.1 Å². The SMILES string of the molecule is C=C(/C(C)=C/C)c1c(C2CC2)cc2c(N(C)C)nc(OCC(C)OC)nc2c1OCc1ccc2c(c1)[nH]c(=O)c1[nH]ncc12. The van der Waals surface area contributed by atoms with E-state index in [0.29, 0.717) is 29.3 Å². The largest absolute Gasteiger partial charge is 0.486 e. The second kappa shape index (κ2) is 11.8. The highest BCUT2D eigenvalue weighted by Crippen LogP contribution is 2.50.